The summed E-state index contributed by atoms with van der Waals surface area (Å²) in [7, 11) is 2.20. The normalized spacial score (nSPS) is 15.6. The molecule has 1 aliphatic heterocycles. The number of carboxylic acid groups (broad SMARTS) is 1. The molecule has 1 atom stereocenters. The Kier molecular flexibility index (Phi) is 7.15. The molecule has 174 valence electrons. The fourth-order valence-electron chi connectivity index (χ4n) is 3.62. The molecule has 34 heavy (non-hydrogen) atoms. The summed E-state index contributed by atoms with van der Waals surface area (Å²) in [6, 6.07) is 12.6. The standard InChI is InChI=1S/C23H17Cl2N3O6/c1-33-22(31)17-16(11-6-4-3-5-7-11)13(10-26)20(27)28(19(17)23(32)34-2)15-9-12(21(29)30)8-14(24)18(15)25/h3-9,16H,27H2,1-2H3,(H,29,30). The third kappa shape index (κ3) is 4.17. The highest BCUT2D eigenvalue weighted by molar-refractivity contribution is 6.44. The van der Waals surface area contributed by atoms with Crippen molar-refractivity contribution in [3.05, 3.63) is 86.3 Å². The SMILES string of the molecule is COC(=O)C1=C(C(=O)OC)N(c2cc(C(=O)O)cc(Cl)c2Cl)C(N)=C(C#N)C1c1ccccc1. The summed E-state index contributed by atoms with van der Waals surface area (Å²) in [5.41, 5.74) is 5.66. The molecule has 0 saturated heterocycles. The zero-order chi connectivity index (χ0) is 25.2. The predicted molar refractivity (Wildman–Crippen MR) is 123 cm³/mol. The van der Waals surface area contributed by atoms with E-state index in [2.05, 4.69) is 0 Å². The number of halogens is 2. The van der Waals surface area contributed by atoms with E-state index < -0.39 is 29.5 Å². The van der Waals surface area contributed by atoms with Gasteiger partial charge in [-0.1, -0.05) is 53.5 Å². The number of carbonyl (C=O) groups is 3. The number of nitrogens with zero attached hydrogens (tertiary/aromatic N) is 2. The number of esters is 2. The van der Waals surface area contributed by atoms with E-state index in [1.807, 2.05) is 6.07 Å². The van der Waals surface area contributed by atoms with Crippen LogP contribution in [0.15, 0.2) is 65.1 Å². The lowest BCUT2D eigenvalue weighted by Gasteiger charge is -2.36. The van der Waals surface area contributed by atoms with Crippen LogP contribution in [0.3, 0.4) is 0 Å². The van der Waals surface area contributed by atoms with Crippen molar-refractivity contribution >= 4 is 46.8 Å². The minimum absolute atomic E-state index is 0.104. The number of carboxylic acids is 1. The first-order chi connectivity index (χ1) is 16.2. The van der Waals surface area contributed by atoms with Crippen LogP contribution in [-0.4, -0.2) is 37.2 Å². The molecular weight excluding hydrogens is 485 g/mol. The van der Waals surface area contributed by atoms with E-state index in [-0.39, 0.29) is 38.3 Å². The van der Waals surface area contributed by atoms with Gasteiger partial charge in [0.25, 0.3) is 0 Å². The van der Waals surface area contributed by atoms with Crippen LogP contribution in [0.2, 0.25) is 10.0 Å². The summed E-state index contributed by atoms with van der Waals surface area (Å²) >= 11 is 12.5. The third-order valence-electron chi connectivity index (χ3n) is 5.11. The Bertz CT molecular complexity index is 1300. The lowest BCUT2D eigenvalue weighted by atomic mass is 9.81. The molecule has 0 bridgehead atoms. The number of rotatable bonds is 5. The van der Waals surface area contributed by atoms with Gasteiger partial charge < -0.3 is 20.3 Å². The molecule has 1 aliphatic rings. The summed E-state index contributed by atoms with van der Waals surface area (Å²) in [6.45, 7) is 0. The van der Waals surface area contributed by atoms with Gasteiger partial charge in [0.2, 0.25) is 0 Å². The van der Waals surface area contributed by atoms with Crippen molar-refractivity contribution in [1.29, 1.82) is 5.26 Å². The number of anilines is 1. The van der Waals surface area contributed by atoms with E-state index in [1.54, 1.807) is 30.3 Å². The second-order valence-electron chi connectivity index (χ2n) is 6.93. The Morgan fingerprint density at radius 3 is 2.24 bits per heavy atom. The lowest BCUT2D eigenvalue weighted by Crippen LogP contribution is -2.41. The average Bonchev–Trinajstić information content (AvgIpc) is 2.84. The molecule has 0 saturated carbocycles. The van der Waals surface area contributed by atoms with E-state index in [0.717, 1.165) is 31.3 Å². The van der Waals surface area contributed by atoms with Gasteiger partial charge in [0.1, 0.15) is 11.5 Å². The van der Waals surface area contributed by atoms with Gasteiger partial charge in [-0.3, -0.25) is 4.90 Å². The fourth-order valence-corrected chi connectivity index (χ4v) is 4.03. The van der Waals surface area contributed by atoms with Crippen LogP contribution in [0.1, 0.15) is 21.8 Å². The molecule has 0 fully saturated rings. The first-order valence-corrected chi connectivity index (χ1v) is 10.3. The molecule has 0 spiro atoms. The van der Waals surface area contributed by atoms with Gasteiger partial charge in [0.05, 0.1) is 58.6 Å². The summed E-state index contributed by atoms with van der Waals surface area (Å²) in [6.07, 6.45) is 0. The van der Waals surface area contributed by atoms with Gasteiger partial charge in [0, 0.05) is 0 Å². The molecule has 1 heterocycles. The average molecular weight is 502 g/mol. The number of aromatic carboxylic acids is 1. The number of ether oxygens (including phenoxy) is 2. The molecule has 0 aliphatic carbocycles. The number of nitriles is 1. The van der Waals surface area contributed by atoms with Crippen molar-refractivity contribution in [2.24, 2.45) is 5.73 Å². The maximum Gasteiger partial charge on any atom is 0.355 e. The summed E-state index contributed by atoms with van der Waals surface area (Å²) in [5.74, 6) is -4.63. The van der Waals surface area contributed by atoms with Crippen molar-refractivity contribution in [2.75, 3.05) is 19.1 Å². The molecular formula is C23H17Cl2N3O6. The van der Waals surface area contributed by atoms with Crippen molar-refractivity contribution in [1.82, 2.24) is 0 Å². The smallest absolute Gasteiger partial charge is 0.355 e. The zero-order valence-electron chi connectivity index (χ0n) is 17.8. The van der Waals surface area contributed by atoms with Crippen LogP contribution in [-0.2, 0) is 19.1 Å². The maximum atomic E-state index is 13.0. The highest BCUT2D eigenvalue weighted by Gasteiger charge is 2.43. The quantitative estimate of drug-likeness (QED) is 0.587. The molecule has 0 amide bonds. The fraction of sp³-hybridized carbons (Fsp3) is 0.130. The van der Waals surface area contributed by atoms with Gasteiger partial charge in [-0.2, -0.15) is 5.26 Å². The van der Waals surface area contributed by atoms with Gasteiger partial charge >= 0.3 is 17.9 Å². The molecule has 2 aromatic carbocycles. The van der Waals surface area contributed by atoms with Crippen LogP contribution in [0.4, 0.5) is 5.69 Å². The third-order valence-corrected chi connectivity index (χ3v) is 5.90. The second-order valence-corrected chi connectivity index (χ2v) is 7.72. The Morgan fingerprint density at radius 1 is 1.09 bits per heavy atom. The van der Waals surface area contributed by atoms with Crippen molar-refractivity contribution in [3.8, 4) is 6.07 Å². The maximum absolute atomic E-state index is 13.0. The molecule has 2 aromatic rings. The van der Waals surface area contributed by atoms with E-state index in [4.69, 9.17) is 38.4 Å². The molecule has 0 aromatic heterocycles. The number of allylic oxidation sites excluding steroid dienone is 1. The van der Waals surface area contributed by atoms with Crippen molar-refractivity contribution in [3.63, 3.8) is 0 Å². The molecule has 3 rings (SSSR count). The number of methoxy groups -OCH3 is 2. The van der Waals surface area contributed by atoms with Crippen LogP contribution in [0.25, 0.3) is 0 Å². The zero-order valence-corrected chi connectivity index (χ0v) is 19.3. The number of nitrogens with two attached hydrogens (primary N) is 1. The number of benzene rings is 2. The number of hydrogen-bond donors (Lipinski definition) is 2. The topological polar surface area (TPSA) is 143 Å². The summed E-state index contributed by atoms with van der Waals surface area (Å²) in [4.78, 5) is 38.7. The first kappa shape index (κ1) is 24.6. The Hall–Kier alpha value is -4.00. The Morgan fingerprint density at radius 2 is 1.71 bits per heavy atom. The number of hydrogen-bond acceptors (Lipinski definition) is 8. The van der Waals surface area contributed by atoms with Crippen molar-refractivity contribution in [2.45, 2.75) is 5.92 Å². The minimum atomic E-state index is -1.33. The molecule has 9 nitrogen and oxygen atoms in total. The van der Waals surface area contributed by atoms with E-state index in [1.165, 1.54) is 0 Å². The van der Waals surface area contributed by atoms with Gasteiger partial charge in [-0.05, 0) is 17.7 Å². The summed E-state index contributed by atoms with van der Waals surface area (Å²) in [5, 5.41) is 19.2. The molecule has 11 heteroatoms. The monoisotopic (exact) mass is 501 g/mol. The predicted octanol–water partition coefficient (Wildman–Crippen LogP) is 3.59. The van der Waals surface area contributed by atoms with Crippen LogP contribution in [0.5, 0.6) is 0 Å². The van der Waals surface area contributed by atoms with E-state index >= 15 is 0 Å². The van der Waals surface area contributed by atoms with E-state index in [0.29, 0.717) is 5.56 Å². The molecule has 0 radical (unpaired) electrons. The largest absolute Gasteiger partial charge is 0.478 e. The van der Waals surface area contributed by atoms with Gasteiger partial charge in [0.15, 0.2) is 0 Å². The summed E-state index contributed by atoms with van der Waals surface area (Å²) < 4.78 is 9.85. The molecule has 1 unspecified atom stereocenters. The second kappa shape index (κ2) is 9.87. The van der Waals surface area contributed by atoms with Crippen LogP contribution >= 0.6 is 23.2 Å². The highest BCUT2D eigenvalue weighted by atomic mass is 35.5. The van der Waals surface area contributed by atoms with Gasteiger partial charge in [-0.25, -0.2) is 14.4 Å². The van der Waals surface area contributed by atoms with Crippen molar-refractivity contribution < 1.29 is 29.0 Å². The Balaban J connectivity index is 2.49. The minimum Gasteiger partial charge on any atom is -0.478 e. The highest BCUT2D eigenvalue weighted by Crippen LogP contribution is 2.46. The van der Waals surface area contributed by atoms with E-state index in [9.17, 15) is 24.8 Å². The molecule has 3 N–H and O–H groups in total. The lowest BCUT2D eigenvalue weighted by molar-refractivity contribution is -0.139. The van der Waals surface area contributed by atoms with Crippen LogP contribution in [0, 0.1) is 11.3 Å². The number of carbonyl (C=O) groups excluding carboxylic acids is 2. The van der Waals surface area contributed by atoms with Crippen LogP contribution < -0.4 is 10.6 Å². The Labute approximate surface area is 204 Å². The first-order valence-electron chi connectivity index (χ1n) is 9.55. The van der Waals surface area contributed by atoms with Gasteiger partial charge in [-0.15, -0.1) is 0 Å².